The second kappa shape index (κ2) is 10.2. The van der Waals surface area contributed by atoms with Crippen molar-refractivity contribution in [1.82, 2.24) is 4.90 Å². The van der Waals surface area contributed by atoms with Gasteiger partial charge in [-0.15, -0.1) is 0 Å². The molecule has 7 heteroatoms. The molecular formula is C26H25NO6. The van der Waals surface area contributed by atoms with Crippen LogP contribution in [0.1, 0.15) is 34.1 Å². The van der Waals surface area contributed by atoms with Crippen molar-refractivity contribution in [3.8, 4) is 5.75 Å². The van der Waals surface area contributed by atoms with Gasteiger partial charge in [0, 0.05) is 20.3 Å². The summed E-state index contributed by atoms with van der Waals surface area (Å²) >= 11 is 0. The number of nitrogens with zero attached hydrogens (tertiary/aromatic N) is 1. The molecule has 1 aliphatic heterocycles. The maximum atomic E-state index is 13.1. The largest absolute Gasteiger partial charge is 0.503 e. The number of Topliss-reactive ketones (excluding diaryl/α,β-unsaturated/α-hetero) is 1. The number of benzene rings is 2. The number of hydrogen-bond acceptors (Lipinski definition) is 6. The van der Waals surface area contributed by atoms with Crippen molar-refractivity contribution in [2.24, 2.45) is 0 Å². The number of furan rings is 1. The van der Waals surface area contributed by atoms with E-state index in [0.717, 1.165) is 5.56 Å². The maximum Gasteiger partial charge on any atom is 0.290 e. The first kappa shape index (κ1) is 22.4. The standard InChI is InChI=1S/C26H25NO6/c1-31-15-6-14-27-23(22(25(29)26(27)30)24(28)21-9-5-16-32-21)19-10-12-20(13-11-19)33-17-18-7-3-2-4-8-18/h2-5,7-13,16,23,29H,6,14-15,17H2,1H3. The molecule has 3 aromatic rings. The van der Waals surface area contributed by atoms with E-state index in [0.29, 0.717) is 37.5 Å². The summed E-state index contributed by atoms with van der Waals surface area (Å²) in [4.78, 5) is 27.5. The van der Waals surface area contributed by atoms with Gasteiger partial charge < -0.3 is 23.9 Å². The first-order valence-corrected chi connectivity index (χ1v) is 10.7. The molecule has 0 saturated heterocycles. The van der Waals surface area contributed by atoms with E-state index in [-0.39, 0.29) is 11.3 Å². The van der Waals surface area contributed by atoms with Gasteiger partial charge in [-0.3, -0.25) is 9.59 Å². The molecule has 0 radical (unpaired) electrons. The van der Waals surface area contributed by atoms with Crippen LogP contribution in [0.15, 0.2) is 88.7 Å². The summed E-state index contributed by atoms with van der Waals surface area (Å²) in [6, 6.07) is 19.4. The molecular weight excluding hydrogens is 422 g/mol. The lowest BCUT2D eigenvalue weighted by atomic mass is 9.95. The molecule has 2 heterocycles. The van der Waals surface area contributed by atoms with E-state index >= 15 is 0 Å². The molecule has 7 nitrogen and oxygen atoms in total. The van der Waals surface area contributed by atoms with Crippen LogP contribution in [0.3, 0.4) is 0 Å². The SMILES string of the molecule is COCCCN1C(=O)C(O)=C(C(=O)c2ccco2)C1c1ccc(OCc2ccccc2)cc1. The van der Waals surface area contributed by atoms with E-state index in [1.807, 2.05) is 30.3 Å². The molecule has 1 N–H and O–H groups in total. The van der Waals surface area contributed by atoms with Crippen LogP contribution >= 0.6 is 0 Å². The van der Waals surface area contributed by atoms with Gasteiger partial charge in [0.25, 0.3) is 5.91 Å². The van der Waals surface area contributed by atoms with Crippen LogP contribution in [-0.2, 0) is 16.1 Å². The Morgan fingerprint density at radius 2 is 1.82 bits per heavy atom. The molecule has 0 spiro atoms. The third kappa shape index (κ3) is 4.83. The molecule has 1 amide bonds. The van der Waals surface area contributed by atoms with Crippen molar-refractivity contribution in [3.63, 3.8) is 0 Å². The molecule has 0 aliphatic carbocycles. The van der Waals surface area contributed by atoms with Gasteiger partial charge in [-0.25, -0.2) is 0 Å². The summed E-state index contributed by atoms with van der Waals surface area (Å²) in [5, 5.41) is 10.6. The van der Waals surface area contributed by atoms with Crippen molar-refractivity contribution < 1.29 is 28.6 Å². The van der Waals surface area contributed by atoms with E-state index in [1.54, 1.807) is 37.4 Å². The number of ether oxygens (including phenoxy) is 2. The smallest absolute Gasteiger partial charge is 0.290 e. The normalized spacial score (nSPS) is 15.8. The average Bonchev–Trinajstić information content (AvgIpc) is 3.47. The summed E-state index contributed by atoms with van der Waals surface area (Å²) in [5.41, 5.74) is 1.74. The monoisotopic (exact) mass is 447 g/mol. The lowest BCUT2D eigenvalue weighted by molar-refractivity contribution is -0.129. The molecule has 1 atom stereocenters. The Labute approximate surface area is 191 Å². The third-order valence-electron chi connectivity index (χ3n) is 5.48. The number of carbonyl (C=O) groups is 2. The third-order valence-corrected chi connectivity index (χ3v) is 5.48. The van der Waals surface area contributed by atoms with Crippen LogP contribution in [0.5, 0.6) is 5.75 Å². The fourth-order valence-electron chi connectivity index (χ4n) is 3.87. The Morgan fingerprint density at radius 1 is 1.06 bits per heavy atom. The quantitative estimate of drug-likeness (QED) is 0.364. The summed E-state index contributed by atoms with van der Waals surface area (Å²) in [6.45, 7) is 1.20. The number of ketones is 1. The number of aliphatic hydroxyl groups excluding tert-OH is 1. The Kier molecular flexibility index (Phi) is 6.90. The Hall–Kier alpha value is -3.84. The number of aliphatic hydroxyl groups is 1. The van der Waals surface area contributed by atoms with Gasteiger partial charge in [0.2, 0.25) is 5.78 Å². The summed E-state index contributed by atoms with van der Waals surface area (Å²) in [6.07, 6.45) is 1.94. The van der Waals surface area contributed by atoms with E-state index in [4.69, 9.17) is 13.9 Å². The van der Waals surface area contributed by atoms with Crippen LogP contribution in [0, 0.1) is 0 Å². The Balaban J connectivity index is 1.60. The summed E-state index contributed by atoms with van der Waals surface area (Å²) < 4.78 is 16.2. The predicted molar refractivity (Wildman–Crippen MR) is 121 cm³/mol. The summed E-state index contributed by atoms with van der Waals surface area (Å²) in [7, 11) is 1.58. The first-order valence-electron chi connectivity index (χ1n) is 10.7. The van der Waals surface area contributed by atoms with Gasteiger partial charge in [0.1, 0.15) is 12.4 Å². The lowest BCUT2D eigenvalue weighted by Gasteiger charge is -2.26. The van der Waals surface area contributed by atoms with Crippen LogP contribution in [0.4, 0.5) is 0 Å². The highest BCUT2D eigenvalue weighted by Crippen LogP contribution is 2.39. The summed E-state index contributed by atoms with van der Waals surface area (Å²) in [5.74, 6) is -0.936. The van der Waals surface area contributed by atoms with Crippen LogP contribution < -0.4 is 4.74 Å². The number of carbonyl (C=O) groups excluding carboxylic acids is 2. The van der Waals surface area contributed by atoms with Gasteiger partial charge in [-0.05, 0) is 41.8 Å². The molecule has 1 unspecified atom stereocenters. The second-order valence-corrected chi connectivity index (χ2v) is 7.66. The highest BCUT2D eigenvalue weighted by molar-refractivity contribution is 6.15. The maximum absolute atomic E-state index is 13.1. The highest BCUT2D eigenvalue weighted by Gasteiger charge is 2.44. The Morgan fingerprint density at radius 3 is 2.48 bits per heavy atom. The average molecular weight is 447 g/mol. The number of hydrogen-bond donors (Lipinski definition) is 1. The van der Waals surface area contributed by atoms with Crippen molar-refractivity contribution >= 4 is 11.7 Å². The fourth-order valence-corrected chi connectivity index (χ4v) is 3.87. The molecule has 2 aromatic carbocycles. The topological polar surface area (TPSA) is 89.2 Å². The zero-order chi connectivity index (χ0) is 23.2. The molecule has 33 heavy (non-hydrogen) atoms. The minimum atomic E-state index is -0.741. The second-order valence-electron chi connectivity index (χ2n) is 7.66. The van der Waals surface area contributed by atoms with Crippen molar-refractivity contribution in [3.05, 3.63) is 101 Å². The zero-order valence-electron chi connectivity index (χ0n) is 18.3. The van der Waals surface area contributed by atoms with Crippen LogP contribution in [0.2, 0.25) is 0 Å². The van der Waals surface area contributed by atoms with Crippen molar-refractivity contribution in [2.45, 2.75) is 19.1 Å². The minimum absolute atomic E-state index is 0.00493. The van der Waals surface area contributed by atoms with Crippen molar-refractivity contribution in [2.75, 3.05) is 20.3 Å². The lowest BCUT2D eigenvalue weighted by Crippen LogP contribution is -2.32. The van der Waals surface area contributed by atoms with E-state index < -0.39 is 23.5 Å². The minimum Gasteiger partial charge on any atom is -0.503 e. The van der Waals surface area contributed by atoms with Gasteiger partial charge in [-0.2, -0.15) is 0 Å². The fraction of sp³-hybridized carbons (Fsp3) is 0.231. The molecule has 1 aromatic heterocycles. The van der Waals surface area contributed by atoms with Crippen LogP contribution in [0.25, 0.3) is 0 Å². The van der Waals surface area contributed by atoms with Gasteiger partial charge in [-0.1, -0.05) is 42.5 Å². The number of methoxy groups -OCH3 is 1. The number of rotatable bonds is 10. The predicted octanol–water partition coefficient (Wildman–Crippen LogP) is 4.47. The van der Waals surface area contributed by atoms with Crippen LogP contribution in [-0.4, -0.2) is 42.0 Å². The molecule has 0 fully saturated rings. The van der Waals surface area contributed by atoms with E-state index in [9.17, 15) is 14.7 Å². The van der Waals surface area contributed by atoms with E-state index in [2.05, 4.69) is 0 Å². The van der Waals surface area contributed by atoms with Gasteiger partial charge in [0.05, 0.1) is 17.9 Å². The molecule has 170 valence electrons. The number of amides is 1. The van der Waals surface area contributed by atoms with E-state index in [1.165, 1.54) is 17.2 Å². The molecule has 0 bridgehead atoms. The molecule has 0 saturated carbocycles. The molecule has 1 aliphatic rings. The molecule has 4 rings (SSSR count). The highest BCUT2D eigenvalue weighted by atomic mass is 16.5. The Bertz CT molecular complexity index is 1120. The van der Waals surface area contributed by atoms with Gasteiger partial charge >= 0.3 is 0 Å². The van der Waals surface area contributed by atoms with Crippen molar-refractivity contribution in [1.29, 1.82) is 0 Å². The van der Waals surface area contributed by atoms with Gasteiger partial charge in [0.15, 0.2) is 11.5 Å². The zero-order valence-corrected chi connectivity index (χ0v) is 18.3. The first-order chi connectivity index (χ1) is 16.1.